The van der Waals surface area contributed by atoms with Crippen LogP contribution in [-0.4, -0.2) is 37.6 Å². The summed E-state index contributed by atoms with van der Waals surface area (Å²) in [6.45, 7) is 5.10. The summed E-state index contributed by atoms with van der Waals surface area (Å²) in [6, 6.07) is 0. The van der Waals surface area contributed by atoms with Crippen molar-refractivity contribution in [3.8, 4) is 0 Å². The largest absolute Gasteiger partial charge is 0.379 e. The van der Waals surface area contributed by atoms with Gasteiger partial charge in [0.15, 0.2) is 0 Å². The quantitative estimate of drug-likeness (QED) is 0.604. The van der Waals surface area contributed by atoms with Gasteiger partial charge in [-0.15, -0.1) is 0 Å². The molecule has 11 heavy (non-hydrogen) atoms. The molecule has 4 nitrogen and oxygen atoms in total. The van der Waals surface area contributed by atoms with E-state index in [9.17, 15) is 4.57 Å². The normalized spacial score (nSPS) is 21.7. The molecule has 0 aliphatic carbocycles. The SMILES string of the molecule is CCO[P](=O)N1CCOCC1. The van der Waals surface area contributed by atoms with Crippen molar-refractivity contribution in [3.05, 3.63) is 0 Å². The molecule has 0 N–H and O–H groups in total. The molecule has 0 aromatic rings. The highest BCUT2D eigenvalue weighted by Crippen LogP contribution is 2.28. The Bertz CT molecular complexity index is 136. The molecule has 0 spiro atoms. The average molecular weight is 178 g/mol. The Morgan fingerprint density at radius 3 is 2.73 bits per heavy atom. The lowest BCUT2D eigenvalue weighted by atomic mass is 10.5. The van der Waals surface area contributed by atoms with Crippen molar-refractivity contribution in [2.75, 3.05) is 32.9 Å². The second-order valence-electron chi connectivity index (χ2n) is 2.22. The van der Waals surface area contributed by atoms with Crippen molar-refractivity contribution in [1.29, 1.82) is 0 Å². The third-order valence-corrected chi connectivity index (χ3v) is 2.80. The zero-order chi connectivity index (χ0) is 8.10. The van der Waals surface area contributed by atoms with Crippen molar-refractivity contribution in [3.63, 3.8) is 0 Å². The van der Waals surface area contributed by atoms with E-state index in [0.29, 0.717) is 19.8 Å². The van der Waals surface area contributed by atoms with Crippen LogP contribution in [0.1, 0.15) is 6.92 Å². The molecule has 1 saturated heterocycles. The van der Waals surface area contributed by atoms with E-state index < -0.39 is 8.18 Å². The van der Waals surface area contributed by atoms with Gasteiger partial charge in [-0.05, 0) is 6.92 Å². The van der Waals surface area contributed by atoms with Gasteiger partial charge in [-0.1, -0.05) is 0 Å². The molecule has 65 valence electrons. The van der Waals surface area contributed by atoms with Gasteiger partial charge in [-0.2, -0.15) is 0 Å². The van der Waals surface area contributed by atoms with Crippen LogP contribution in [0, 0.1) is 0 Å². The fourth-order valence-electron chi connectivity index (χ4n) is 0.909. The van der Waals surface area contributed by atoms with Crippen LogP contribution in [0.25, 0.3) is 0 Å². The second kappa shape index (κ2) is 4.78. The van der Waals surface area contributed by atoms with Crippen LogP contribution in [0.4, 0.5) is 0 Å². The summed E-state index contributed by atoms with van der Waals surface area (Å²) in [7, 11) is -1.60. The molecule has 1 heterocycles. The van der Waals surface area contributed by atoms with Crippen LogP contribution >= 0.6 is 8.18 Å². The van der Waals surface area contributed by atoms with Gasteiger partial charge in [-0.25, -0.2) is 9.24 Å². The molecule has 1 aliphatic heterocycles. The first-order valence-corrected chi connectivity index (χ1v) is 4.90. The van der Waals surface area contributed by atoms with Gasteiger partial charge >= 0.3 is 0 Å². The summed E-state index contributed by atoms with van der Waals surface area (Å²) in [5, 5.41) is 0. The smallest absolute Gasteiger partial charge is 0.297 e. The molecule has 1 rings (SSSR count). The topological polar surface area (TPSA) is 38.8 Å². The standard InChI is InChI=1S/C6H13NO3P/c1-2-10-11(8)7-3-5-9-6-4-7/h2-6H2,1H3. The van der Waals surface area contributed by atoms with E-state index in [4.69, 9.17) is 9.26 Å². The Balaban J connectivity index is 2.27. The molecule has 1 atom stereocenters. The third kappa shape index (κ3) is 2.83. The molecule has 1 radical (unpaired) electrons. The van der Waals surface area contributed by atoms with Crippen molar-refractivity contribution < 1.29 is 13.8 Å². The van der Waals surface area contributed by atoms with E-state index in [0.717, 1.165) is 13.1 Å². The van der Waals surface area contributed by atoms with Gasteiger partial charge in [-0.3, -0.25) is 4.52 Å². The Morgan fingerprint density at radius 2 is 2.18 bits per heavy atom. The van der Waals surface area contributed by atoms with Gasteiger partial charge < -0.3 is 4.74 Å². The molecular formula is C6H13NO3P. The highest BCUT2D eigenvalue weighted by Gasteiger charge is 2.17. The first-order chi connectivity index (χ1) is 5.34. The zero-order valence-corrected chi connectivity index (χ0v) is 7.55. The van der Waals surface area contributed by atoms with Crippen LogP contribution in [-0.2, 0) is 13.8 Å². The molecular weight excluding hydrogens is 165 g/mol. The molecule has 0 aromatic carbocycles. The van der Waals surface area contributed by atoms with E-state index in [1.165, 1.54) is 0 Å². The molecule has 5 heteroatoms. The monoisotopic (exact) mass is 178 g/mol. The fourth-order valence-corrected chi connectivity index (χ4v) is 1.78. The lowest BCUT2D eigenvalue weighted by Crippen LogP contribution is -2.31. The zero-order valence-electron chi connectivity index (χ0n) is 6.65. The molecule has 0 bridgehead atoms. The maximum Gasteiger partial charge on any atom is 0.297 e. The minimum Gasteiger partial charge on any atom is -0.379 e. The average Bonchev–Trinajstić information content (AvgIpc) is 2.07. The number of ether oxygens (including phenoxy) is 1. The second-order valence-corrected chi connectivity index (χ2v) is 3.52. The Morgan fingerprint density at radius 1 is 1.55 bits per heavy atom. The van der Waals surface area contributed by atoms with Crippen molar-refractivity contribution in [2.24, 2.45) is 0 Å². The van der Waals surface area contributed by atoms with Crippen molar-refractivity contribution >= 4 is 8.18 Å². The highest BCUT2D eigenvalue weighted by molar-refractivity contribution is 7.36. The molecule has 1 aliphatic rings. The minimum atomic E-state index is -1.60. The van der Waals surface area contributed by atoms with Gasteiger partial charge in [0, 0.05) is 13.1 Å². The number of hydrogen-bond donors (Lipinski definition) is 0. The summed E-state index contributed by atoms with van der Waals surface area (Å²) in [6.07, 6.45) is 0. The first kappa shape index (κ1) is 9.07. The summed E-state index contributed by atoms with van der Waals surface area (Å²) >= 11 is 0. The summed E-state index contributed by atoms with van der Waals surface area (Å²) < 4.78 is 23.1. The van der Waals surface area contributed by atoms with E-state index in [1.54, 1.807) is 0 Å². The number of nitrogens with zero attached hydrogens (tertiary/aromatic N) is 1. The van der Waals surface area contributed by atoms with Gasteiger partial charge in [0.05, 0.1) is 19.8 Å². The summed E-state index contributed by atoms with van der Waals surface area (Å²) in [4.78, 5) is 0. The van der Waals surface area contributed by atoms with Crippen LogP contribution in [0.3, 0.4) is 0 Å². The van der Waals surface area contributed by atoms with E-state index in [-0.39, 0.29) is 0 Å². The summed E-state index contributed by atoms with van der Waals surface area (Å²) in [5.41, 5.74) is 0. The number of rotatable bonds is 3. The Hall–Kier alpha value is -0.0200. The van der Waals surface area contributed by atoms with E-state index >= 15 is 0 Å². The van der Waals surface area contributed by atoms with Crippen LogP contribution in [0.2, 0.25) is 0 Å². The minimum absolute atomic E-state index is 0.507. The fraction of sp³-hybridized carbons (Fsp3) is 1.00. The molecule has 0 amide bonds. The van der Waals surface area contributed by atoms with E-state index in [1.807, 2.05) is 11.6 Å². The predicted octanol–water partition coefficient (Wildman–Crippen LogP) is 1.01. The van der Waals surface area contributed by atoms with Gasteiger partial charge in [0.1, 0.15) is 0 Å². The van der Waals surface area contributed by atoms with Crippen molar-refractivity contribution in [1.82, 2.24) is 4.67 Å². The Kier molecular flexibility index (Phi) is 3.94. The maximum absolute atomic E-state index is 11.2. The molecule has 0 aromatic heterocycles. The first-order valence-electron chi connectivity index (χ1n) is 3.77. The highest BCUT2D eigenvalue weighted by atomic mass is 31.1. The molecule has 0 saturated carbocycles. The lowest BCUT2D eigenvalue weighted by Gasteiger charge is -2.23. The maximum atomic E-state index is 11.2. The van der Waals surface area contributed by atoms with Crippen LogP contribution in [0.5, 0.6) is 0 Å². The lowest BCUT2D eigenvalue weighted by molar-refractivity contribution is 0.0679. The van der Waals surface area contributed by atoms with E-state index in [2.05, 4.69) is 0 Å². The number of morpholine rings is 1. The number of hydrogen-bond acceptors (Lipinski definition) is 3. The summed E-state index contributed by atoms with van der Waals surface area (Å²) in [5.74, 6) is 0. The van der Waals surface area contributed by atoms with Crippen LogP contribution in [0.15, 0.2) is 0 Å². The predicted molar refractivity (Wildman–Crippen MR) is 41.6 cm³/mol. The van der Waals surface area contributed by atoms with Gasteiger partial charge in [0.25, 0.3) is 8.18 Å². The van der Waals surface area contributed by atoms with Crippen LogP contribution < -0.4 is 0 Å². The Labute approximate surface area is 67.4 Å². The van der Waals surface area contributed by atoms with Gasteiger partial charge in [0.2, 0.25) is 0 Å². The van der Waals surface area contributed by atoms with Crippen molar-refractivity contribution in [2.45, 2.75) is 6.92 Å². The third-order valence-electron chi connectivity index (χ3n) is 1.46. The molecule has 1 unspecified atom stereocenters. The molecule has 1 fully saturated rings.